The number of ketones is 1. The first-order valence-electron chi connectivity index (χ1n) is 7.57. The summed E-state index contributed by atoms with van der Waals surface area (Å²) in [4.78, 5) is 17.4. The van der Waals surface area contributed by atoms with Crippen molar-refractivity contribution in [2.45, 2.75) is 0 Å². The van der Waals surface area contributed by atoms with E-state index >= 15 is 0 Å². The summed E-state index contributed by atoms with van der Waals surface area (Å²) in [5.74, 6) is 1.00. The number of nitrogen functional groups attached to an aromatic ring is 1. The first kappa shape index (κ1) is 18.2. The number of rotatable bonds is 6. The number of hydrogen-bond donors (Lipinski definition) is 2. The van der Waals surface area contributed by atoms with Crippen LogP contribution in [-0.2, 0) is 0 Å². The largest absolute Gasteiger partial charge is 0.493 e. The van der Waals surface area contributed by atoms with Crippen molar-refractivity contribution in [3.8, 4) is 11.5 Å². The number of anilines is 3. The predicted molar refractivity (Wildman–Crippen MR) is 107 cm³/mol. The summed E-state index contributed by atoms with van der Waals surface area (Å²) in [7, 11) is 3.06. The van der Waals surface area contributed by atoms with Crippen LogP contribution in [0.25, 0.3) is 0 Å². The fraction of sp³-hybridized carbons (Fsp3) is 0.111. The second kappa shape index (κ2) is 7.76. The summed E-state index contributed by atoms with van der Waals surface area (Å²) in [6, 6.07) is 12.6. The molecule has 3 rings (SSSR count). The molecule has 6 nitrogen and oxygen atoms in total. The van der Waals surface area contributed by atoms with Gasteiger partial charge in [-0.1, -0.05) is 33.3 Å². The number of benzene rings is 2. The Hall–Kier alpha value is -2.58. The van der Waals surface area contributed by atoms with Crippen LogP contribution < -0.4 is 20.5 Å². The second-order valence-electron chi connectivity index (χ2n) is 5.27. The topological polar surface area (TPSA) is 86.5 Å². The Balaban J connectivity index is 1.87. The molecular weight excluding hydrogens is 418 g/mol. The van der Waals surface area contributed by atoms with Crippen molar-refractivity contribution < 1.29 is 14.3 Å². The minimum Gasteiger partial charge on any atom is -0.493 e. The standard InChI is InChI=1S/C18H16BrN3O3S/c1-24-13-7-6-10(8-14(13)25-2)15(23)16-17(20)22-18(26-16)21-12-5-3-4-11(19)9-12/h3-9H,20H2,1-2H3,(H,21,22). The third kappa shape index (κ3) is 3.81. The van der Waals surface area contributed by atoms with Crippen LogP contribution in [0.5, 0.6) is 11.5 Å². The van der Waals surface area contributed by atoms with Crippen LogP contribution >= 0.6 is 27.3 Å². The van der Waals surface area contributed by atoms with Crippen molar-refractivity contribution in [1.82, 2.24) is 4.98 Å². The average molecular weight is 434 g/mol. The number of carbonyl (C=O) groups excluding carboxylic acids is 1. The molecule has 26 heavy (non-hydrogen) atoms. The quantitative estimate of drug-likeness (QED) is 0.557. The molecule has 0 unspecified atom stereocenters. The number of ether oxygens (including phenoxy) is 2. The van der Waals surface area contributed by atoms with Gasteiger partial charge in [0.25, 0.3) is 0 Å². The molecule has 1 heterocycles. The first-order valence-corrected chi connectivity index (χ1v) is 9.18. The molecule has 1 aromatic heterocycles. The van der Waals surface area contributed by atoms with Gasteiger partial charge in [0.1, 0.15) is 10.7 Å². The highest BCUT2D eigenvalue weighted by Gasteiger charge is 2.19. The Morgan fingerprint density at radius 3 is 2.62 bits per heavy atom. The van der Waals surface area contributed by atoms with Crippen LogP contribution in [0, 0.1) is 0 Å². The number of methoxy groups -OCH3 is 2. The molecule has 0 atom stereocenters. The second-order valence-corrected chi connectivity index (χ2v) is 7.18. The van der Waals surface area contributed by atoms with Crippen molar-refractivity contribution >= 4 is 49.7 Å². The summed E-state index contributed by atoms with van der Waals surface area (Å²) < 4.78 is 11.4. The van der Waals surface area contributed by atoms with E-state index in [1.807, 2.05) is 24.3 Å². The highest BCUT2D eigenvalue weighted by molar-refractivity contribution is 9.10. The molecule has 0 saturated carbocycles. The van der Waals surface area contributed by atoms with E-state index < -0.39 is 0 Å². The van der Waals surface area contributed by atoms with Gasteiger partial charge in [0.2, 0.25) is 5.78 Å². The van der Waals surface area contributed by atoms with Crippen LogP contribution in [0.4, 0.5) is 16.6 Å². The molecule has 0 aliphatic heterocycles. The minimum absolute atomic E-state index is 0.187. The number of halogens is 1. The lowest BCUT2D eigenvalue weighted by molar-refractivity contribution is 0.104. The van der Waals surface area contributed by atoms with E-state index in [0.29, 0.717) is 27.1 Å². The average Bonchev–Trinajstić information content (AvgIpc) is 3.00. The molecule has 0 fully saturated rings. The van der Waals surface area contributed by atoms with Crippen molar-refractivity contribution in [2.75, 3.05) is 25.3 Å². The number of nitrogens with zero attached hydrogens (tertiary/aromatic N) is 1. The molecule has 3 aromatic rings. The third-order valence-electron chi connectivity index (χ3n) is 3.58. The lowest BCUT2D eigenvalue weighted by atomic mass is 10.1. The van der Waals surface area contributed by atoms with Gasteiger partial charge >= 0.3 is 0 Å². The van der Waals surface area contributed by atoms with Crippen molar-refractivity contribution in [1.29, 1.82) is 0 Å². The third-order valence-corrected chi connectivity index (χ3v) is 5.06. The number of hydrogen-bond acceptors (Lipinski definition) is 7. The molecule has 8 heteroatoms. The lowest BCUT2D eigenvalue weighted by Gasteiger charge is -2.08. The summed E-state index contributed by atoms with van der Waals surface area (Å²) in [5, 5.41) is 3.70. The van der Waals surface area contributed by atoms with Gasteiger partial charge in [-0.2, -0.15) is 0 Å². The molecule has 0 aliphatic rings. The first-order chi connectivity index (χ1) is 12.5. The number of nitrogens with one attached hydrogen (secondary N) is 1. The molecule has 0 saturated heterocycles. The van der Waals surface area contributed by atoms with Gasteiger partial charge in [0, 0.05) is 15.7 Å². The zero-order valence-electron chi connectivity index (χ0n) is 14.1. The SMILES string of the molecule is COc1ccc(C(=O)c2sc(Nc3cccc(Br)c3)nc2N)cc1OC. The maximum absolute atomic E-state index is 12.8. The maximum Gasteiger partial charge on any atom is 0.206 e. The zero-order chi connectivity index (χ0) is 18.7. The number of aromatic nitrogens is 1. The molecule has 134 valence electrons. The number of thiazole rings is 1. The molecule has 2 aromatic carbocycles. The molecule has 0 aliphatic carbocycles. The smallest absolute Gasteiger partial charge is 0.206 e. The zero-order valence-corrected chi connectivity index (χ0v) is 16.5. The Labute approximate surface area is 163 Å². The molecular formula is C18H16BrN3O3S. The predicted octanol–water partition coefficient (Wildman–Crippen LogP) is 4.48. The van der Waals surface area contributed by atoms with E-state index in [0.717, 1.165) is 10.2 Å². The van der Waals surface area contributed by atoms with Gasteiger partial charge in [-0.05, 0) is 36.4 Å². The summed E-state index contributed by atoms with van der Waals surface area (Å²) in [6.45, 7) is 0. The lowest BCUT2D eigenvalue weighted by Crippen LogP contribution is -2.03. The van der Waals surface area contributed by atoms with Crippen LogP contribution in [0.3, 0.4) is 0 Å². The molecule has 0 bridgehead atoms. The summed E-state index contributed by atoms with van der Waals surface area (Å²) >= 11 is 4.62. The van der Waals surface area contributed by atoms with Crippen LogP contribution in [0.15, 0.2) is 46.9 Å². The van der Waals surface area contributed by atoms with Crippen molar-refractivity contribution in [3.63, 3.8) is 0 Å². The van der Waals surface area contributed by atoms with Gasteiger partial charge in [-0.15, -0.1) is 0 Å². The van der Waals surface area contributed by atoms with Crippen LogP contribution in [-0.4, -0.2) is 25.0 Å². The van der Waals surface area contributed by atoms with E-state index in [-0.39, 0.29) is 11.6 Å². The van der Waals surface area contributed by atoms with E-state index in [1.54, 1.807) is 25.3 Å². The van der Waals surface area contributed by atoms with Gasteiger partial charge in [0.15, 0.2) is 16.6 Å². The molecule has 0 amide bonds. The van der Waals surface area contributed by atoms with Gasteiger partial charge < -0.3 is 20.5 Å². The highest BCUT2D eigenvalue weighted by atomic mass is 79.9. The summed E-state index contributed by atoms with van der Waals surface area (Å²) in [6.07, 6.45) is 0. The summed E-state index contributed by atoms with van der Waals surface area (Å²) in [5.41, 5.74) is 7.26. The Bertz CT molecular complexity index is 959. The van der Waals surface area contributed by atoms with Gasteiger partial charge in [-0.3, -0.25) is 4.79 Å². The minimum atomic E-state index is -0.219. The molecule has 0 radical (unpaired) electrons. The molecule has 3 N–H and O–H groups in total. The Kier molecular flexibility index (Phi) is 5.43. The van der Waals surface area contributed by atoms with Gasteiger partial charge in [-0.25, -0.2) is 4.98 Å². The normalized spacial score (nSPS) is 10.4. The van der Waals surface area contributed by atoms with Crippen LogP contribution in [0.1, 0.15) is 15.2 Å². The van der Waals surface area contributed by atoms with E-state index in [2.05, 4.69) is 26.2 Å². The fourth-order valence-corrected chi connectivity index (χ4v) is 3.61. The highest BCUT2D eigenvalue weighted by Crippen LogP contribution is 2.33. The van der Waals surface area contributed by atoms with Gasteiger partial charge in [0.05, 0.1) is 14.2 Å². The van der Waals surface area contributed by atoms with Crippen molar-refractivity contribution in [2.24, 2.45) is 0 Å². The maximum atomic E-state index is 12.8. The van der Waals surface area contributed by atoms with E-state index in [4.69, 9.17) is 15.2 Å². The number of carbonyl (C=O) groups is 1. The van der Waals surface area contributed by atoms with Crippen LogP contribution in [0.2, 0.25) is 0 Å². The monoisotopic (exact) mass is 433 g/mol. The fourth-order valence-electron chi connectivity index (χ4n) is 2.35. The Morgan fingerprint density at radius 1 is 1.15 bits per heavy atom. The Morgan fingerprint density at radius 2 is 1.92 bits per heavy atom. The number of nitrogens with two attached hydrogens (primary N) is 1. The van der Waals surface area contributed by atoms with E-state index in [1.165, 1.54) is 18.4 Å². The molecule has 0 spiro atoms. The van der Waals surface area contributed by atoms with Crippen molar-refractivity contribution in [3.05, 3.63) is 57.4 Å². The van der Waals surface area contributed by atoms with E-state index in [9.17, 15) is 4.79 Å².